The third-order valence-corrected chi connectivity index (χ3v) is 1.08. The lowest BCUT2D eigenvalue weighted by Crippen LogP contribution is -2.04. The summed E-state index contributed by atoms with van der Waals surface area (Å²) in [4.78, 5) is 20.7. The molecular formula is C7H10O3. The number of aliphatic carboxylic acids is 1. The van der Waals surface area contributed by atoms with E-state index in [1.807, 2.05) is 0 Å². The van der Waals surface area contributed by atoms with Crippen molar-refractivity contribution in [3.63, 3.8) is 0 Å². The van der Waals surface area contributed by atoms with Gasteiger partial charge in [-0.05, 0) is 5.57 Å². The van der Waals surface area contributed by atoms with Crippen LogP contribution < -0.4 is 0 Å². The molecule has 0 bridgehead atoms. The van der Waals surface area contributed by atoms with E-state index in [9.17, 15) is 9.59 Å². The van der Waals surface area contributed by atoms with Crippen molar-refractivity contribution in [2.24, 2.45) is 0 Å². The fraction of sp³-hybridized carbons (Fsp3) is 0.429. The highest BCUT2D eigenvalue weighted by atomic mass is 16.4. The smallest absolute Gasteiger partial charge is 0.307 e. The first-order valence-corrected chi connectivity index (χ1v) is 3.00. The summed E-state index contributed by atoms with van der Waals surface area (Å²) in [5.41, 5.74) is 0.176. The average molecular weight is 142 g/mol. The van der Waals surface area contributed by atoms with Crippen LogP contribution in [0.4, 0.5) is 0 Å². The highest BCUT2D eigenvalue weighted by molar-refractivity contribution is 5.98. The topological polar surface area (TPSA) is 54.4 Å². The largest absolute Gasteiger partial charge is 0.481 e. The van der Waals surface area contributed by atoms with Crippen LogP contribution in [0.2, 0.25) is 0 Å². The van der Waals surface area contributed by atoms with Crippen LogP contribution in [0.25, 0.3) is 0 Å². The monoisotopic (exact) mass is 142 g/mol. The molecule has 0 heterocycles. The minimum absolute atomic E-state index is 0.176. The van der Waals surface area contributed by atoms with Crippen molar-refractivity contribution in [3.8, 4) is 0 Å². The summed E-state index contributed by atoms with van der Waals surface area (Å²) in [6.07, 6.45) is 0.0821. The van der Waals surface area contributed by atoms with Gasteiger partial charge in [-0.1, -0.05) is 13.5 Å². The van der Waals surface area contributed by atoms with Crippen LogP contribution in [0.3, 0.4) is 0 Å². The minimum atomic E-state index is -1.01. The van der Waals surface area contributed by atoms with E-state index in [2.05, 4.69) is 6.58 Å². The summed E-state index contributed by atoms with van der Waals surface area (Å²) >= 11 is 0. The normalized spacial score (nSPS) is 8.90. The van der Waals surface area contributed by atoms with Crippen molar-refractivity contribution in [1.82, 2.24) is 0 Å². The Bertz CT molecular complexity index is 170. The lowest BCUT2D eigenvalue weighted by Gasteiger charge is -1.96. The SMILES string of the molecule is C=C(CC(=O)O)C(=O)CC. The summed E-state index contributed by atoms with van der Waals surface area (Å²) in [6, 6.07) is 0. The second-order valence-electron chi connectivity index (χ2n) is 1.95. The Hall–Kier alpha value is -1.12. The molecule has 3 nitrogen and oxygen atoms in total. The van der Waals surface area contributed by atoms with Crippen LogP contribution in [0, 0.1) is 0 Å². The Morgan fingerprint density at radius 2 is 2.00 bits per heavy atom. The van der Waals surface area contributed by atoms with Gasteiger partial charge in [0.15, 0.2) is 5.78 Å². The summed E-state index contributed by atoms with van der Waals surface area (Å²) in [7, 11) is 0. The Labute approximate surface area is 59.4 Å². The van der Waals surface area contributed by atoms with Crippen LogP contribution in [-0.2, 0) is 9.59 Å². The first-order valence-electron chi connectivity index (χ1n) is 3.00. The van der Waals surface area contributed by atoms with Gasteiger partial charge in [0, 0.05) is 6.42 Å². The highest BCUT2D eigenvalue weighted by Gasteiger charge is 2.07. The molecule has 0 spiro atoms. The molecule has 0 atom stereocenters. The van der Waals surface area contributed by atoms with E-state index >= 15 is 0 Å². The Balaban J connectivity index is 3.86. The standard InChI is InChI=1S/C7H10O3/c1-3-6(8)5(2)4-7(9)10/h2-4H2,1H3,(H,9,10). The Morgan fingerprint density at radius 3 is 2.30 bits per heavy atom. The molecule has 56 valence electrons. The molecule has 0 aromatic carbocycles. The molecule has 3 heteroatoms. The number of carbonyl (C=O) groups is 2. The maximum absolute atomic E-state index is 10.7. The van der Waals surface area contributed by atoms with Gasteiger partial charge in [-0.3, -0.25) is 9.59 Å². The van der Waals surface area contributed by atoms with Gasteiger partial charge in [0.25, 0.3) is 0 Å². The van der Waals surface area contributed by atoms with E-state index in [4.69, 9.17) is 5.11 Å². The first kappa shape index (κ1) is 8.88. The summed E-state index contributed by atoms with van der Waals surface area (Å²) in [5, 5.41) is 8.22. The Morgan fingerprint density at radius 1 is 1.50 bits per heavy atom. The second-order valence-corrected chi connectivity index (χ2v) is 1.95. The molecule has 0 aliphatic rings. The molecule has 0 rings (SSSR count). The number of rotatable bonds is 4. The fourth-order valence-electron chi connectivity index (χ4n) is 0.531. The molecule has 0 aliphatic heterocycles. The van der Waals surface area contributed by atoms with E-state index in [-0.39, 0.29) is 17.8 Å². The van der Waals surface area contributed by atoms with Crippen molar-refractivity contribution >= 4 is 11.8 Å². The van der Waals surface area contributed by atoms with E-state index < -0.39 is 5.97 Å². The number of carbonyl (C=O) groups excluding carboxylic acids is 1. The summed E-state index contributed by atoms with van der Waals surface area (Å²) in [5.74, 6) is -1.19. The van der Waals surface area contributed by atoms with Gasteiger partial charge in [-0.2, -0.15) is 0 Å². The molecule has 0 aromatic rings. The van der Waals surface area contributed by atoms with Crippen molar-refractivity contribution < 1.29 is 14.7 Å². The van der Waals surface area contributed by atoms with E-state index in [1.54, 1.807) is 6.92 Å². The van der Waals surface area contributed by atoms with Crippen molar-refractivity contribution in [1.29, 1.82) is 0 Å². The number of carboxylic acids is 1. The first-order chi connectivity index (χ1) is 4.57. The van der Waals surface area contributed by atoms with Gasteiger partial charge in [0.05, 0.1) is 6.42 Å². The van der Waals surface area contributed by atoms with E-state index in [1.165, 1.54) is 0 Å². The van der Waals surface area contributed by atoms with Gasteiger partial charge in [-0.15, -0.1) is 0 Å². The number of hydrogen-bond donors (Lipinski definition) is 1. The zero-order valence-electron chi connectivity index (χ0n) is 5.89. The number of hydrogen-bond acceptors (Lipinski definition) is 2. The van der Waals surface area contributed by atoms with E-state index in [0.717, 1.165) is 0 Å². The molecule has 0 fully saturated rings. The summed E-state index contributed by atoms with van der Waals surface area (Å²) < 4.78 is 0. The maximum Gasteiger partial charge on any atom is 0.307 e. The molecule has 0 saturated heterocycles. The molecule has 10 heavy (non-hydrogen) atoms. The number of ketones is 1. The van der Waals surface area contributed by atoms with Gasteiger partial charge < -0.3 is 5.11 Å². The van der Waals surface area contributed by atoms with Crippen LogP contribution in [0.1, 0.15) is 19.8 Å². The zero-order chi connectivity index (χ0) is 8.15. The molecule has 0 aliphatic carbocycles. The molecule has 0 radical (unpaired) electrons. The van der Waals surface area contributed by atoms with Gasteiger partial charge in [0.1, 0.15) is 0 Å². The molecule has 0 unspecified atom stereocenters. The predicted octanol–water partition coefficient (Wildman–Crippen LogP) is 0.996. The van der Waals surface area contributed by atoms with Crippen molar-refractivity contribution in [3.05, 3.63) is 12.2 Å². The molecule has 0 amide bonds. The lowest BCUT2D eigenvalue weighted by atomic mass is 10.1. The van der Waals surface area contributed by atoms with Gasteiger partial charge >= 0.3 is 5.97 Å². The van der Waals surface area contributed by atoms with Crippen LogP contribution in [-0.4, -0.2) is 16.9 Å². The van der Waals surface area contributed by atoms with E-state index in [0.29, 0.717) is 6.42 Å². The molecular weight excluding hydrogens is 132 g/mol. The molecule has 0 saturated carbocycles. The highest BCUT2D eigenvalue weighted by Crippen LogP contribution is 2.01. The predicted molar refractivity (Wildman–Crippen MR) is 36.7 cm³/mol. The lowest BCUT2D eigenvalue weighted by molar-refractivity contribution is -0.137. The second kappa shape index (κ2) is 3.82. The zero-order valence-corrected chi connectivity index (χ0v) is 5.89. The third kappa shape index (κ3) is 3.02. The van der Waals surface area contributed by atoms with Crippen LogP contribution in [0.15, 0.2) is 12.2 Å². The average Bonchev–Trinajstić information content (AvgIpc) is 1.85. The summed E-state index contributed by atoms with van der Waals surface area (Å²) in [6.45, 7) is 5.01. The van der Waals surface area contributed by atoms with Gasteiger partial charge in [-0.25, -0.2) is 0 Å². The number of Topliss-reactive ketones (excluding diaryl/α,β-unsaturated/α-hetero) is 1. The Kier molecular flexibility index (Phi) is 3.39. The van der Waals surface area contributed by atoms with Gasteiger partial charge in [0.2, 0.25) is 0 Å². The quantitative estimate of drug-likeness (QED) is 0.595. The van der Waals surface area contributed by atoms with Crippen LogP contribution >= 0.6 is 0 Å². The van der Waals surface area contributed by atoms with Crippen LogP contribution in [0.5, 0.6) is 0 Å². The number of carboxylic acid groups (broad SMARTS) is 1. The fourth-order valence-corrected chi connectivity index (χ4v) is 0.531. The molecule has 1 N–H and O–H groups in total. The van der Waals surface area contributed by atoms with Crippen molar-refractivity contribution in [2.75, 3.05) is 0 Å². The minimum Gasteiger partial charge on any atom is -0.481 e. The maximum atomic E-state index is 10.7. The third-order valence-electron chi connectivity index (χ3n) is 1.08. The van der Waals surface area contributed by atoms with Crippen molar-refractivity contribution in [2.45, 2.75) is 19.8 Å². The molecule has 0 aromatic heterocycles.